The second-order valence-electron chi connectivity index (χ2n) is 1.48. The first-order valence-corrected chi connectivity index (χ1v) is 2.51. The van der Waals surface area contributed by atoms with Crippen molar-refractivity contribution in [2.75, 3.05) is 0 Å². The van der Waals surface area contributed by atoms with E-state index in [0.717, 1.165) is 0 Å². The van der Waals surface area contributed by atoms with Crippen molar-refractivity contribution < 1.29 is 9.90 Å². The predicted molar refractivity (Wildman–Crippen MR) is 29.0 cm³/mol. The van der Waals surface area contributed by atoms with Gasteiger partial charge in [-0.25, -0.2) is 4.79 Å². The van der Waals surface area contributed by atoms with Gasteiger partial charge in [0, 0.05) is 0 Å². The molecule has 0 aromatic heterocycles. The number of carboxylic acid groups (broad SMARTS) is 1. The molecule has 0 aliphatic rings. The SMILES string of the molecule is CCC(N=[N+]=N)C(=O)O. The number of carbonyl (C=O) groups is 1. The minimum atomic E-state index is -1.03. The topological polar surface area (TPSA) is 87.6 Å². The van der Waals surface area contributed by atoms with Gasteiger partial charge in [-0.15, -0.1) is 0 Å². The summed E-state index contributed by atoms with van der Waals surface area (Å²) >= 11 is 0. The molecule has 0 aromatic carbocycles. The lowest BCUT2D eigenvalue weighted by molar-refractivity contribution is -0.138. The van der Waals surface area contributed by atoms with Gasteiger partial charge in [0.1, 0.15) is 10.6 Å². The fourth-order valence-electron chi connectivity index (χ4n) is 0.375. The molecule has 0 saturated heterocycles. The molecule has 0 fully saturated rings. The number of rotatable bonds is 3. The predicted octanol–water partition coefficient (Wildman–Crippen LogP) is 0.400. The van der Waals surface area contributed by atoms with Crippen LogP contribution in [-0.2, 0) is 4.79 Å². The van der Waals surface area contributed by atoms with E-state index in [-0.39, 0.29) is 0 Å². The van der Waals surface area contributed by atoms with Crippen molar-refractivity contribution in [3.8, 4) is 0 Å². The van der Waals surface area contributed by atoms with E-state index in [2.05, 4.69) is 10.0 Å². The molecule has 5 heteroatoms. The molecule has 9 heavy (non-hydrogen) atoms. The van der Waals surface area contributed by atoms with Crippen LogP contribution in [0.5, 0.6) is 0 Å². The maximum Gasteiger partial charge on any atom is 0.336 e. The molecule has 50 valence electrons. The molecule has 0 heterocycles. The molecular weight excluding hydrogens is 122 g/mol. The minimum Gasteiger partial charge on any atom is -0.479 e. The summed E-state index contributed by atoms with van der Waals surface area (Å²) in [5, 5.41) is 11.4. The number of hydrogen-bond acceptors (Lipinski definition) is 3. The normalized spacial score (nSPS) is 11.7. The van der Waals surface area contributed by atoms with Gasteiger partial charge in [-0.2, -0.15) is 0 Å². The van der Waals surface area contributed by atoms with Gasteiger partial charge in [-0.1, -0.05) is 6.92 Å². The fraction of sp³-hybridized carbons (Fsp3) is 0.750. The average molecular weight is 130 g/mol. The summed E-state index contributed by atoms with van der Waals surface area (Å²) < 4.78 is 0. The van der Waals surface area contributed by atoms with E-state index in [9.17, 15) is 4.79 Å². The Morgan fingerprint density at radius 1 is 2.00 bits per heavy atom. The van der Waals surface area contributed by atoms with Crippen LogP contribution >= 0.6 is 0 Å². The number of hydrogen-bond donors (Lipinski definition) is 2. The minimum absolute atomic E-state index is 0.373. The largest absolute Gasteiger partial charge is 0.479 e. The quantitative estimate of drug-likeness (QED) is 0.427. The zero-order valence-electron chi connectivity index (χ0n) is 5.03. The van der Waals surface area contributed by atoms with Crippen molar-refractivity contribution >= 4 is 5.97 Å². The van der Waals surface area contributed by atoms with Gasteiger partial charge in [0.15, 0.2) is 0 Å². The molecule has 0 radical (unpaired) electrons. The highest BCUT2D eigenvalue weighted by Crippen LogP contribution is 1.93. The van der Waals surface area contributed by atoms with Gasteiger partial charge in [-0.3, -0.25) is 0 Å². The van der Waals surface area contributed by atoms with E-state index in [4.69, 9.17) is 10.6 Å². The Hall–Kier alpha value is -1.22. The average Bonchev–Trinajstić information content (AvgIpc) is 1.82. The molecule has 0 rings (SSSR count). The van der Waals surface area contributed by atoms with Gasteiger partial charge in [0.2, 0.25) is 11.0 Å². The smallest absolute Gasteiger partial charge is 0.336 e. The lowest BCUT2D eigenvalue weighted by atomic mass is 10.2. The van der Waals surface area contributed by atoms with Crippen LogP contribution in [0.15, 0.2) is 5.11 Å². The van der Waals surface area contributed by atoms with Crippen LogP contribution in [0.1, 0.15) is 13.3 Å². The summed E-state index contributed by atoms with van der Waals surface area (Å²) in [4.78, 5) is 12.7. The molecule has 0 aliphatic heterocycles. The Morgan fingerprint density at radius 3 is 2.67 bits per heavy atom. The third-order valence-electron chi connectivity index (χ3n) is 0.869. The second-order valence-corrected chi connectivity index (χ2v) is 1.48. The van der Waals surface area contributed by atoms with E-state index in [1.807, 2.05) is 0 Å². The van der Waals surface area contributed by atoms with Gasteiger partial charge >= 0.3 is 5.97 Å². The summed E-state index contributed by atoms with van der Waals surface area (Å²) in [7, 11) is 0. The molecular formula is C4H8N3O2+. The third kappa shape index (κ3) is 2.56. The zero-order valence-corrected chi connectivity index (χ0v) is 5.03. The van der Waals surface area contributed by atoms with Crippen LogP contribution in [0.3, 0.4) is 0 Å². The van der Waals surface area contributed by atoms with Crippen molar-refractivity contribution in [1.29, 1.82) is 5.53 Å². The first-order chi connectivity index (χ1) is 4.22. The van der Waals surface area contributed by atoms with Crippen LogP contribution in [0, 0.1) is 5.53 Å². The molecule has 1 unspecified atom stereocenters. The monoisotopic (exact) mass is 130 g/mol. The Labute approximate surface area is 51.9 Å². The maximum atomic E-state index is 10.1. The van der Waals surface area contributed by atoms with Gasteiger partial charge < -0.3 is 5.11 Å². The third-order valence-corrected chi connectivity index (χ3v) is 0.869. The van der Waals surface area contributed by atoms with E-state index in [1.165, 1.54) is 0 Å². The van der Waals surface area contributed by atoms with Gasteiger partial charge in [0.25, 0.3) is 0 Å². The molecule has 2 N–H and O–H groups in total. The number of aliphatic carboxylic acids is 1. The lowest BCUT2D eigenvalue weighted by Gasteiger charge is -1.90. The summed E-state index contributed by atoms with van der Waals surface area (Å²) in [6.07, 6.45) is 0.373. The standard InChI is InChI=1S/C4H7N3O2/c1-2-3(4(8)9)6-7-5/h3,5H,2H2,1H3/p+1. The zero-order chi connectivity index (χ0) is 7.28. The molecule has 0 spiro atoms. The molecule has 5 nitrogen and oxygen atoms in total. The van der Waals surface area contributed by atoms with Crippen molar-refractivity contribution in [1.82, 2.24) is 4.91 Å². The van der Waals surface area contributed by atoms with E-state index in [0.29, 0.717) is 6.42 Å². The molecule has 0 aliphatic carbocycles. The number of nitrogens with zero attached hydrogens (tertiary/aromatic N) is 2. The highest BCUT2D eigenvalue weighted by molar-refractivity contribution is 5.73. The molecule has 1 atom stereocenters. The first-order valence-electron chi connectivity index (χ1n) is 2.51. The van der Waals surface area contributed by atoms with E-state index < -0.39 is 12.0 Å². The Morgan fingerprint density at radius 2 is 2.56 bits per heavy atom. The number of carboxylic acids is 1. The molecule has 0 saturated carbocycles. The van der Waals surface area contributed by atoms with E-state index in [1.54, 1.807) is 6.92 Å². The van der Waals surface area contributed by atoms with Crippen LogP contribution in [0.4, 0.5) is 0 Å². The van der Waals surface area contributed by atoms with Crippen LogP contribution in [0.25, 0.3) is 0 Å². The van der Waals surface area contributed by atoms with Crippen LogP contribution in [-0.4, -0.2) is 17.1 Å². The Kier molecular flexibility index (Phi) is 3.23. The first kappa shape index (κ1) is 7.78. The highest BCUT2D eigenvalue weighted by Gasteiger charge is 2.18. The molecule has 0 bridgehead atoms. The molecule has 0 amide bonds. The number of nitrogens with one attached hydrogen (secondary N) is 1. The fourth-order valence-corrected chi connectivity index (χ4v) is 0.375. The summed E-state index contributed by atoms with van der Waals surface area (Å²) in [6, 6.07) is -0.845. The van der Waals surface area contributed by atoms with E-state index >= 15 is 0 Å². The van der Waals surface area contributed by atoms with Gasteiger partial charge in [0.05, 0.1) is 0 Å². The Balaban J connectivity index is 3.98. The molecule has 0 aromatic rings. The summed E-state index contributed by atoms with van der Waals surface area (Å²) in [6.45, 7) is 1.67. The Bertz CT molecular complexity index is 148. The summed E-state index contributed by atoms with van der Waals surface area (Å²) in [5.74, 6) is -1.03. The lowest BCUT2D eigenvalue weighted by Crippen LogP contribution is -2.16. The second kappa shape index (κ2) is 3.74. The van der Waals surface area contributed by atoms with Crippen molar-refractivity contribution in [2.45, 2.75) is 19.4 Å². The highest BCUT2D eigenvalue weighted by atomic mass is 16.4. The van der Waals surface area contributed by atoms with Crippen molar-refractivity contribution in [2.24, 2.45) is 5.11 Å². The van der Waals surface area contributed by atoms with Crippen LogP contribution in [0.2, 0.25) is 0 Å². The van der Waals surface area contributed by atoms with Crippen LogP contribution < -0.4 is 4.91 Å². The van der Waals surface area contributed by atoms with Gasteiger partial charge in [-0.05, 0) is 6.42 Å². The summed E-state index contributed by atoms with van der Waals surface area (Å²) in [5.41, 5.74) is 6.22. The van der Waals surface area contributed by atoms with Crippen molar-refractivity contribution in [3.63, 3.8) is 0 Å². The van der Waals surface area contributed by atoms with Crippen molar-refractivity contribution in [3.05, 3.63) is 0 Å². The maximum absolute atomic E-state index is 10.1.